The third-order valence-corrected chi connectivity index (χ3v) is 4.35. The standard InChI is InChI=1S/C16H15FN2S/c1-10-6-13(17)3-2-11(10)7-14(18)12-8-16-15(19-9-12)4-5-20-16/h2-6,8-9,14H,7,18H2,1H3. The molecule has 1 unspecified atom stereocenters. The Labute approximate surface area is 121 Å². The van der Waals surface area contributed by atoms with Crippen molar-refractivity contribution in [3.8, 4) is 0 Å². The number of hydrogen-bond donors (Lipinski definition) is 1. The molecule has 3 aromatic rings. The van der Waals surface area contributed by atoms with Gasteiger partial charge >= 0.3 is 0 Å². The molecule has 1 aromatic carbocycles. The number of fused-ring (bicyclic) bond motifs is 1. The van der Waals surface area contributed by atoms with Crippen LogP contribution in [0.5, 0.6) is 0 Å². The van der Waals surface area contributed by atoms with E-state index >= 15 is 0 Å². The highest BCUT2D eigenvalue weighted by Gasteiger charge is 2.11. The number of benzene rings is 1. The molecule has 0 aliphatic rings. The predicted molar refractivity (Wildman–Crippen MR) is 81.4 cm³/mol. The van der Waals surface area contributed by atoms with Gasteiger partial charge in [-0.05, 0) is 59.7 Å². The molecule has 20 heavy (non-hydrogen) atoms. The van der Waals surface area contributed by atoms with Crippen molar-refractivity contribution in [3.05, 3.63) is 64.4 Å². The van der Waals surface area contributed by atoms with Gasteiger partial charge in [0.2, 0.25) is 0 Å². The maximum atomic E-state index is 13.1. The molecule has 2 N–H and O–H groups in total. The van der Waals surface area contributed by atoms with E-state index in [0.717, 1.165) is 26.9 Å². The summed E-state index contributed by atoms with van der Waals surface area (Å²) in [6.45, 7) is 1.91. The summed E-state index contributed by atoms with van der Waals surface area (Å²) in [6, 6.07) is 8.80. The van der Waals surface area contributed by atoms with Crippen LogP contribution in [0.15, 0.2) is 41.9 Å². The Balaban J connectivity index is 1.86. The predicted octanol–water partition coefficient (Wildman–Crippen LogP) is 3.99. The first-order valence-corrected chi connectivity index (χ1v) is 7.35. The molecular formula is C16H15FN2S. The summed E-state index contributed by atoms with van der Waals surface area (Å²) >= 11 is 1.66. The number of aryl methyl sites for hydroxylation is 1. The van der Waals surface area contributed by atoms with Gasteiger partial charge in [-0.25, -0.2) is 4.39 Å². The van der Waals surface area contributed by atoms with Crippen LogP contribution in [0.2, 0.25) is 0 Å². The van der Waals surface area contributed by atoms with Gasteiger partial charge in [0.15, 0.2) is 0 Å². The van der Waals surface area contributed by atoms with Crippen LogP contribution in [-0.4, -0.2) is 4.98 Å². The minimum Gasteiger partial charge on any atom is -0.324 e. The highest BCUT2D eigenvalue weighted by atomic mass is 32.1. The smallest absolute Gasteiger partial charge is 0.123 e. The lowest BCUT2D eigenvalue weighted by molar-refractivity contribution is 0.624. The fourth-order valence-electron chi connectivity index (χ4n) is 2.31. The van der Waals surface area contributed by atoms with Gasteiger partial charge in [0, 0.05) is 12.2 Å². The van der Waals surface area contributed by atoms with Gasteiger partial charge in [-0.2, -0.15) is 0 Å². The Morgan fingerprint density at radius 2 is 2.15 bits per heavy atom. The fourth-order valence-corrected chi connectivity index (χ4v) is 3.10. The maximum absolute atomic E-state index is 13.1. The molecule has 2 nitrogen and oxygen atoms in total. The summed E-state index contributed by atoms with van der Waals surface area (Å²) < 4.78 is 14.3. The van der Waals surface area contributed by atoms with Crippen molar-refractivity contribution in [1.29, 1.82) is 0 Å². The van der Waals surface area contributed by atoms with Crippen LogP contribution in [0.4, 0.5) is 4.39 Å². The van der Waals surface area contributed by atoms with Gasteiger partial charge in [0.25, 0.3) is 0 Å². The minimum absolute atomic E-state index is 0.127. The monoisotopic (exact) mass is 286 g/mol. The normalized spacial score (nSPS) is 12.8. The Bertz CT molecular complexity index is 751. The molecule has 0 aliphatic heterocycles. The van der Waals surface area contributed by atoms with Crippen molar-refractivity contribution in [2.24, 2.45) is 5.73 Å². The van der Waals surface area contributed by atoms with Gasteiger partial charge < -0.3 is 5.73 Å². The number of aromatic nitrogens is 1. The number of nitrogens with two attached hydrogens (primary N) is 1. The SMILES string of the molecule is Cc1cc(F)ccc1CC(N)c1cnc2ccsc2c1. The highest BCUT2D eigenvalue weighted by molar-refractivity contribution is 7.17. The second-order valence-electron chi connectivity index (χ2n) is 4.95. The van der Waals surface area contributed by atoms with Crippen LogP contribution in [0.1, 0.15) is 22.7 Å². The fraction of sp³-hybridized carbons (Fsp3) is 0.188. The van der Waals surface area contributed by atoms with Gasteiger partial charge in [0.1, 0.15) is 5.82 Å². The van der Waals surface area contributed by atoms with Crippen LogP contribution in [0.25, 0.3) is 10.2 Å². The van der Waals surface area contributed by atoms with Gasteiger partial charge in [-0.15, -0.1) is 11.3 Å². The number of rotatable bonds is 3. The molecule has 0 bridgehead atoms. The number of thiophene rings is 1. The molecular weight excluding hydrogens is 271 g/mol. The summed E-state index contributed by atoms with van der Waals surface area (Å²) in [6.07, 6.45) is 2.52. The van der Waals surface area contributed by atoms with Crippen molar-refractivity contribution in [1.82, 2.24) is 4.98 Å². The first-order chi connectivity index (χ1) is 9.63. The van der Waals surface area contributed by atoms with E-state index in [1.165, 1.54) is 6.07 Å². The lowest BCUT2D eigenvalue weighted by atomic mass is 9.97. The molecule has 0 radical (unpaired) electrons. The third-order valence-electron chi connectivity index (χ3n) is 3.50. The summed E-state index contributed by atoms with van der Waals surface area (Å²) in [5.74, 6) is -0.207. The van der Waals surface area contributed by atoms with Crippen molar-refractivity contribution < 1.29 is 4.39 Å². The average molecular weight is 286 g/mol. The second-order valence-corrected chi connectivity index (χ2v) is 5.90. The van der Waals surface area contributed by atoms with Crippen molar-refractivity contribution in [2.75, 3.05) is 0 Å². The van der Waals surface area contributed by atoms with Crippen LogP contribution < -0.4 is 5.73 Å². The second kappa shape index (κ2) is 5.31. The van der Waals surface area contributed by atoms with Crippen LogP contribution in [0, 0.1) is 12.7 Å². The number of pyridine rings is 1. The molecule has 3 rings (SSSR count). The number of nitrogens with zero attached hydrogens (tertiary/aromatic N) is 1. The van der Waals surface area contributed by atoms with Crippen LogP contribution in [0.3, 0.4) is 0 Å². The largest absolute Gasteiger partial charge is 0.324 e. The van der Waals surface area contributed by atoms with Crippen molar-refractivity contribution >= 4 is 21.6 Å². The summed E-state index contributed by atoms with van der Waals surface area (Å²) in [5.41, 5.74) is 10.3. The van der Waals surface area contributed by atoms with E-state index in [-0.39, 0.29) is 11.9 Å². The topological polar surface area (TPSA) is 38.9 Å². The molecule has 0 amide bonds. The van der Waals surface area contributed by atoms with E-state index < -0.39 is 0 Å². The molecule has 2 heterocycles. The Morgan fingerprint density at radius 3 is 2.95 bits per heavy atom. The van der Waals surface area contributed by atoms with E-state index in [1.54, 1.807) is 17.4 Å². The Morgan fingerprint density at radius 1 is 1.30 bits per heavy atom. The first kappa shape index (κ1) is 13.2. The van der Waals surface area contributed by atoms with E-state index in [9.17, 15) is 4.39 Å². The zero-order valence-electron chi connectivity index (χ0n) is 11.1. The van der Waals surface area contributed by atoms with Gasteiger partial charge in [-0.3, -0.25) is 4.98 Å². The maximum Gasteiger partial charge on any atom is 0.123 e. The van der Waals surface area contributed by atoms with E-state index in [1.807, 2.05) is 30.6 Å². The Hall–Kier alpha value is -1.78. The quantitative estimate of drug-likeness (QED) is 0.790. The van der Waals surface area contributed by atoms with E-state index in [0.29, 0.717) is 6.42 Å². The summed E-state index contributed by atoms with van der Waals surface area (Å²) in [5, 5.41) is 2.02. The van der Waals surface area contributed by atoms with Gasteiger partial charge in [-0.1, -0.05) is 6.07 Å². The van der Waals surface area contributed by atoms with Gasteiger partial charge in [0.05, 0.1) is 10.2 Å². The molecule has 0 fully saturated rings. The van der Waals surface area contributed by atoms with E-state index in [4.69, 9.17) is 5.73 Å². The zero-order valence-corrected chi connectivity index (χ0v) is 12.0. The molecule has 0 spiro atoms. The molecule has 0 saturated carbocycles. The molecule has 102 valence electrons. The molecule has 4 heteroatoms. The Kier molecular flexibility index (Phi) is 3.51. The summed E-state index contributed by atoms with van der Waals surface area (Å²) in [4.78, 5) is 4.41. The van der Waals surface area contributed by atoms with Crippen molar-refractivity contribution in [2.45, 2.75) is 19.4 Å². The minimum atomic E-state index is -0.207. The number of halogens is 1. The third kappa shape index (κ3) is 2.57. The number of hydrogen-bond acceptors (Lipinski definition) is 3. The zero-order chi connectivity index (χ0) is 14.1. The van der Waals surface area contributed by atoms with Crippen LogP contribution in [-0.2, 0) is 6.42 Å². The van der Waals surface area contributed by atoms with Crippen molar-refractivity contribution in [3.63, 3.8) is 0 Å². The molecule has 0 aliphatic carbocycles. The molecule has 1 atom stereocenters. The van der Waals surface area contributed by atoms with Crippen LogP contribution >= 0.6 is 11.3 Å². The lowest BCUT2D eigenvalue weighted by Crippen LogP contribution is -2.14. The first-order valence-electron chi connectivity index (χ1n) is 6.47. The average Bonchev–Trinajstić information content (AvgIpc) is 2.89. The van der Waals surface area contributed by atoms with E-state index in [2.05, 4.69) is 11.1 Å². The molecule has 2 aromatic heterocycles. The summed E-state index contributed by atoms with van der Waals surface area (Å²) in [7, 11) is 0. The lowest BCUT2D eigenvalue weighted by Gasteiger charge is -2.13. The molecule has 0 saturated heterocycles. The highest BCUT2D eigenvalue weighted by Crippen LogP contribution is 2.24.